The molecule has 6 nitrogen and oxygen atoms in total. The van der Waals surface area contributed by atoms with Crippen LogP contribution in [0.4, 0.5) is 0 Å². The van der Waals surface area contributed by atoms with Crippen molar-refractivity contribution in [3.8, 4) is 0 Å². The first kappa shape index (κ1) is 16.3. The Morgan fingerprint density at radius 3 is 2.21 bits per heavy atom. The number of carboxylic acid groups (broad SMARTS) is 1. The van der Waals surface area contributed by atoms with Gasteiger partial charge in [0.25, 0.3) is 0 Å². The van der Waals surface area contributed by atoms with Crippen LogP contribution in [0.5, 0.6) is 0 Å². The summed E-state index contributed by atoms with van der Waals surface area (Å²) in [5.41, 5.74) is 0. The molecule has 1 rings (SSSR count). The summed E-state index contributed by atoms with van der Waals surface area (Å²) in [7, 11) is -3.53. The van der Waals surface area contributed by atoms with Crippen LogP contribution in [-0.4, -0.2) is 59.0 Å². The van der Waals surface area contributed by atoms with Crippen molar-refractivity contribution in [2.45, 2.75) is 37.4 Å². The van der Waals surface area contributed by atoms with Gasteiger partial charge in [0.05, 0.1) is 5.37 Å². The molecule has 3 unspecified atom stereocenters. The highest BCUT2D eigenvalue weighted by Crippen LogP contribution is 2.35. The van der Waals surface area contributed by atoms with Crippen LogP contribution in [0.15, 0.2) is 0 Å². The number of nitrogens with zero attached hydrogens (tertiary/aromatic N) is 1. The van der Waals surface area contributed by atoms with Gasteiger partial charge in [0.15, 0.2) is 9.84 Å². The third-order valence-corrected chi connectivity index (χ3v) is 6.24. The van der Waals surface area contributed by atoms with Crippen LogP contribution in [0.3, 0.4) is 0 Å². The van der Waals surface area contributed by atoms with Gasteiger partial charge in [-0.3, -0.25) is 4.79 Å². The van der Waals surface area contributed by atoms with E-state index in [1.807, 2.05) is 13.8 Å². The molecule has 1 N–H and O–H groups in total. The Morgan fingerprint density at radius 2 is 1.84 bits per heavy atom. The van der Waals surface area contributed by atoms with Gasteiger partial charge in [-0.2, -0.15) is 0 Å². The number of sulfone groups is 1. The van der Waals surface area contributed by atoms with Crippen molar-refractivity contribution in [1.29, 1.82) is 0 Å². The zero-order chi connectivity index (χ0) is 15.0. The summed E-state index contributed by atoms with van der Waals surface area (Å²) in [4.78, 5) is 24.7. The molecule has 110 valence electrons. The van der Waals surface area contributed by atoms with Crippen LogP contribution in [0, 0.1) is 5.92 Å². The number of carbonyl (C=O) groups excluding carboxylic acids is 1. The molecule has 1 heterocycles. The highest BCUT2D eigenvalue weighted by molar-refractivity contribution is 8.00. The van der Waals surface area contributed by atoms with Gasteiger partial charge in [-0.1, -0.05) is 13.8 Å². The lowest BCUT2D eigenvalue weighted by atomic mass is 10.1. The summed E-state index contributed by atoms with van der Waals surface area (Å²) in [5, 5.41) is 7.65. The Hall–Kier alpha value is -0.760. The number of aliphatic carboxylic acids is 1. The minimum Gasteiger partial charge on any atom is -0.480 e. The first-order valence-corrected chi connectivity index (χ1v) is 8.93. The van der Waals surface area contributed by atoms with Crippen molar-refractivity contribution in [2.75, 3.05) is 12.0 Å². The summed E-state index contributed by atoms with van der Waals surface area (Å²) in [6.45, 7) is 5.07. The lowest BCUT2D eigenvalue weighted by molar-refractivity contribution is -0.149. The fraction of sp³-hybridized carbons (Fsp3) is 0.818. The summed E-state index contributed by atoms with van der Waals surface area (Å²) in [6.07, 6.45) is 0.985. The van der Waals surface area contributed by atoms with Crippen molar-refractivity contribution in [1.82, 2.24) is 4.90 Å². The smallest absolute Gasteiger partial charge is 0.327 e. The van der Waals surface area contributed by atoms with E-state index >= 15 is 0 Å². The van der Waals surface area contributed by atoms with Gasteiger partial charge >= 0.3 is 5.97 Å². The second-order valence-corrected chi connectivity index (χ2v) is 8.56. The molecule has 0 aromatic rings. The molecule has 0 aromatic carbocycles. The van der Waals surface area contributed by atoms with Crippen LogP contribution >= 0.6 is 11.8 Å². The number of hydrogen-bond donors (Lipinski definition) is 1. The molecule has 8 heteroatoms. The quantitative estimate of drug-likeness (QED) is 0.809. The van der Waals surface area contributed by atoms with Crippen molar-refractivity contribution in [2.24, 2.45) is 5.92 Å². The van der Waals surface area contributed by atoms with E-state index in [0.717, 1.165) is 6.26 Å². The normalized spacial score (nSPS) is 25.6. The fourth-order valence-corrected chi connectivity index (χ4v) is 3.87. The molecule has 1 aliphatic heterocycles. The minimum absolute atomic E-state index is 0.0602. The summed E-state index contributed by atoms with van der Waals surface area (Å²) < 4.78 is 23.0. The molecule has 0 radical (unpaired) electrons. The minimum atomic E-state index is -3.53. The van der Waals surface area contributed by atoms with E-state index in [2.05, 4.69) is 0 Å². The van der Waals surface area contributed by atoms with Gasteiger partial charge in [0.2, 0.25) is 5.91 Å². The maximum Gasteiger partial charge on any atom is 0.327 e. The average Bonchev–Trinajstić information content (AvgIpc) is 2.70. The number of amides is 1. The maximum atomic E-state index is 12.3. The summed E-state index contributed by atoms with van der Waals surface area (Å²) >= 11 is 1.38. The van der Waals surface area contributed by atoms with Crippen molar-refractivity contribution >= 4 is 33.5 Å². The van der Waals surface area contributed by atoms with Crippen LogP contribution in [0.25, 0.3) is 0 Å². The zero-order valence-electron chi connectivity index (χ0n) is 11.4. The predicted molar refractivity (Wildman–Crippen MR) is 73.7 cm³/mol. The first-order valence-electron chi connectivity index (χ1n) is 5.92. The second-order valence-electron chi connectivity index (χ2n) is 5.04. The number of hydrogen-bond acceptors (Lipinski definition) is 5. The molecular formula is C11H19NO5S2. The highest BCUT2D eigenvalue weighted by Gasteiger charge is 2.45. The Balaban J connectivity index is 3.09. The van der Waals surface area contributed by atoms with Gasteiger partial charge in [0, 0.05) is 12.0 Å². The molecule has 0 aliphatic carbocycles. The fourth-order valence-electron chi connectivity index (χ4n) is 1.90. The Labute approximate surface area is 117 Å². The summed E-state index contributed by atoms with van der Waals surface area (Å²) in [6, 6.07) is -0.950. The highest BCUT2D eigenvalue weighted by atomic mass is 32.2. The van der Waals surface area contributed by atoms with E-state index in [1.54, 1.807) is 0 Å². The second kappa shape index (κ2) is 5.70. The van der Waals surface area contributed by atoms with Crippen molar-refractivity contribution in [3.63, 3.8) is 0 Å². The van der Waals surface area contributed by atoms with Gasteiger partial charge in [0.1, 0.15) is 11.3 Å². The van der Waals surface area contributed by atoms with Crippen LogP contribution in [-0.2, 0) is 19.4 Å². The summed E-state index contributed by atoms with van der Waals surface area (Å²) in [5.74, 6) is -1.37. The van der Waals surface area contributed by atoms with Crippen molar-refractivity contribution < 1.29 is 23.1 Å². The van der Waals surface area contributed by atoms with E-state index in [4.69, 9.17) is 5.11 Å². The Bertz CT molecular complexity index is 473. The van der Waals surface area contributed by atoms with E-state index < -0.39 is 33.0 Å². The van der Waals surface area contributed by atoms with Crippen molar-refractivity contribution in [3.05, 3.63) is 0 Å². The SMILES string of the molecule is CC(C)C1SCC(C(=O)O)N1C(=O)C(C)S(C)(=O)=O. The van der Waals surface area contributed by atoms with E-state index in [-0.39, 0.29) is 11.3 Å². The molecule has 3 atom stereocenters. The monoisotopic (exact) mass is 309 g/mol. The lowest BCUT2D eigenvalue weighted by Gasteiger charge is -2.31. The predicted octanol–water partition coefficient (Wildman–Crippen LogP) is 0.430. The van der Waals surface area contributed by atoms with Crippen LogP contribution in [0.2, 0.25) is 0 Å². The maximum absolute atomic E-state index is 12.3. The Morgan fingerprint density at radius 1 is 1.32 bits per heavy atom. The molecule has 1 aliphatic rings. The van der Waals surface area contributed by atoms with Gasteiger partial charge in [-0.25, -0.2) is 13.2 Å². The number of carboxylic acids is 1. The Kier molecular flexibility index (Phi) is 4.89. The topological polar surface area (TPSA) is 91.8 Å². The standard InChI is InChI=1S/C11H19NO5S2/c1-6(2)10-12(8(5-18-10)11(14)15)9(13)7(3)19(4,16)17/h6-8,10H,5H2,1-4H3,(H,14,15). The third-order valence-electron chi connectivity index (χ3n) is 3.13. The number of rotatable bonds is 4. The molecule has 19 heavy (non-hydrogen) atoms. The molecule has 0 saturated carbocycles. The lowest BCUT2D eigenvalue weighted by Crippen LogP contribution is -2.51. The van der Waals surface area contributed by atoms with Gasteiger partial charge in [-0.05, 0) is 12.8 Å². The molecule has 0 aromatic heterocycles. The largest absolute Gasteiger partial charge is 0.480 e. The molecule has 1 amide bonds. The van der Waals surface area contributed by atoms with Crippen LogP contribution in [0.1, 0.15) is 20.8 Å². The molecule has 1 fully saturated rings. The molecule has 0 spiro atoms. The van der Waals surface area contributed by atoms with Crippen LogP contribution < -0.4 is 0 Å². The van der Waals surface area contributed by atoms with E-state index in [1.165, 1.54) is 23.6 Å². The molecular weight excluding hydrogens is 290 g/mol. The van der Waals surface area contributed by atoms with Gasteiger partial charge < -0.3 is 10.0 Å². The zero-order valence-corrected chi connectivity index (χ0v) is 13.0. The van der Waals surface area contributed by atoms with E-state index in [0.29, 0.717) is 5.75 Å². The first-order chi connectivity index (χ1) is 8.57. The average molecular weight is 309 g/mol. The molecule has 0 bridgehead atoms. The molecule has 1 saturated heterocycles. The number of thioether (sulfide) groups is 1. The number of carbonyl (C=O) groups is 2. The van der Waals surface area contributed by atoms with E-state index in [9.17, 15) is 18.0 Å². The van der Waals surface area contributed by atoms with Gasteiger partial charge in [-0.15, -0.1) is 11.8 Å². The third kappa shape index (κ3) is 3.42.